The minimum Gasteiger partial charge on any atom is -0.338 e. The Bertz CT molecular complexity index is 379. The summed E-state index contributed by atoms with van der Waals surface area (Å²) >= 11 is 0. The number of amides is 2. The van der Waals surface area contributed by atoms with Gasteiger partial charge in [-0.2, -0.15) is 0 Å². The fourth-order valence-electron chi connectivity index (χ4n) is 1.37. The van der Waals surface area contributed by atoms with Crippen molar-refractivity contribution in [2.24, 2.45) is 0 Å². The van der Waals surface area contributed by atoms with Gasteiger partial charge in [-0.15, -0.1) is 13.2 Å². The molecular weight excluding hydrogens is 245 g/mol. The molecular formula is C12H15F3N2O. The Morgan fingerprint density at radius 1 is 1.28 bits per heavy atom. The van der Waals surface area contributed by atoms with Crippen molar-refractivity contribution in [1.29, 1.82) is 0 Å². The zero-order valence-corrected chi connectivity index (χ0v) is 10.00. The van der Waals surface area contributed by atoms with Gasteiger partial charge in [-0.1, -0.05) is 37.3 Å². The zero-order valence-electron chi connectivity index (χ0n) is 10.00. The van der Waals surface area contributed by atoms with Crippen LogP contribution in [0.3, 0.4) is 0 Å². The van der Waals surface area contributed by atoms with Gasteiger partial charge in [-0.3, -0.25) is 0 Å². The first-order valence-electron chi connectivity index (χ1n) is 5.61. The van der Waals surface area contributed by atoms with Crippen LogP contribution in [0.4, 0.5) is 18.0 Å². The van der Waals surface area contributed by atoms with Crippen LogP contribution < -0.4 is 5.32 Å². The Hall–Kier alpha value is -1.72. The van der Waals surface area contributed by atoms with Gasteiger partial charge in [0.25, 0.3) is 0 Å². The second-order valence-corrected chi connectivity index (χ2v) is 3.77. The van der Waals surface area contributed by atoms with Gasteiger partial charge in [-0.05, 0) is 12.0 Å². The van der Waals surface area contributed by atoms with E-state index >= 15 is 0 Å². The lowest BCUT2D eigenvalue weighted by atomic mass is 10.2. The van der Waals surface area contributed by atoms with Crippen molar-refractivity contribution >= 4 is 6.03 Å². The Kier molecular flexibility index (Phi) is 5.00. The van der Waals surface area contributed by atoms with Gasteiger partial charge in [0.1, 0.15) is 0 Å². The molecule has 100 valence electrons. The molecule has 18 heavy (non-hydrogen) atoms. The average molecular weight is 260 g/mol. The van der Waals surface area contributed by atoms with E-state index < -0.39 is 18.9 Å². The van der Waals surface area contributed by atoms with Crippen molar-refractivity contribution in [2.75, 3.05) is 6.54 Å². The molecule has 0 unspecified atom stereocenters. The van der Waals surface area contributed by atoms with Crippen LogP contribution in [0.15, 0.2) is 30.3 Å². The highest BCUT2D eigenvalue weighted by Gasteiger charge is 2.40. The molecule has 0 saturated carbocycles. The van der Waals surface area contributed by atoms with E-state index in [1.807, 2.05) is 0 Å². The average Bonchev–Trinajstić information content (AvgIpc) is 2.33. The molecule has 0 aromatic heterocycles. The maximum atomic E-state index is 12.7. The molecule has 1 rings (SSSR count). The van der Waals surface area contributed by atoms with E-state index in [1.165, 1.54) is 0 Å². The van der Waals surface area contributed by atoms with E-state index in [0.717, 1.165) is 0 Å². The predicted molar refractivity (Wildman–Crippen MR) is 61.7 cm³/mol. The van der Waals surface area contributed by atoms with E-state index in [9.17, 15) is 18.0 Å². The fourth-order valence-corrected chi connectivity index (χ4v) is 1.37. The number of hydrogen-bond donors (Lipinski definition) is 1. The molecule has 0 fully saturated rings. The van der Waals surface area contributed by atoms with Crippen molar-refractivity contribution in [3.05, 3.63) is 35.9 Å². The minimum absolute atomic E-state index is 0.127. The largest absolute Gasteiger partial charge is 0.488 e. The molecule has 0 atom stereocenters. The molecule has 1 aromatic carbocycles. The molecule has 1 N–H and O–H groups in total. The highest BCUT2D eigenvalue weighted by atomic mass is 19.4. The van der Waals surface area contributed by atoms with Crippen LogP contribution in [0.2, 0.25) is 0 Å². The number of nitrogens with one attached hydrogen (secondary N) is 1. The lowest BCUT2D eigenvalue weighted by molar-refractivity contribution is -0.226. The molecule has 0 aliphatic rings. The number of nitrogens with zero attached hydrogens (tertiary/aromatic N) is 1. The number of alkyl halides is 3. The highest BCUT2D eigenvalue weighted by Crippen LogP contribution is 2.23. The van der Waals surface area contributed by atoms with Gasteiger partial charge < -0.3 is 5.32 Å². The van der Waals surface area contributed by atoms with Gasteiger partial charge >= 0.3 is 12.3 Å². The first-order chi connectivity index (χ1) is 8.45. The molecule has 0 aliphatic heterocycles. The van der Waals surface area contributed by atoms with Crippen LogP contribution in [-0.4, -0.2) is 23.8 Å². The van der Waals surface area contributed by atoms with Gasteiger partial charge in [0.15, 0.2) is 0 Å². The number of halogens is 3. The molecule has 0 radical (unpaired) electrons. The summed E-state index contributed by atoms with van der Waals surface area (Å²) < 4.78 is 38.2. The molecule has 2 amide bonds. The third-order valence-corrected chi connectivity index (χ3v) is 2.26. The quantitative estimate of drug-likeness (QED) is 0.829. The number of benzene rings is 1. The number of hydrogen-bond acceptors (Lipinski definition) is 1. The number of rotatable bonds is 4. The van der Waals surface area contributed by atoms with Crippen LogP contribution in [0.1, 0.15) is 18.9 Å². The minimum atomic E-state index is -4.69. The van der Waals surface area contributed by atoms with Crippen molar-refractivity contribution in [3.63, 3.8) is 0 Å². The second kappa shape index (κ2) is 6.28. The molecule has 1 aromatic rings. The van der Waals surface area contributed by atoms with Crippen molar-refractivity contribution in [1.82, 2.24) is 10.2 Å². The third kappa shape index (κ3) is 4.27. The first-order valence-corrected chi connectivity index (χ1v) is 5.61. The second-order valence-electron chi connectivity index (χ2n) is 3.77. The van der Waals surface area contributed by atoms with Gasteiger partial charge in [0.2, 0.25) is 0 Å². The summed E-state index contributed by atoms with van der Waals surface area (Å²) in [6.07, 6.45) is -4.10. The van der Waals surface area contributed by atoms with Gasteiger partial charge in [-0.25, -0.2) is 9.69 Å². The van der Waals surface area contributed by atoms with Gasteiger partial charge in [0, 0.05) is 6.54 Å². The maximum absolute atomic E-state index is 12.7. The molecule has 3 nitrogen and oxygen atoms in total. The monoisotopic (exact) mass is 260 g/mol. The Labute approximate surface area is 104 Å². The molecule has 6 heteroatoms. The van der Waals surface area contributed by atoms with E-state index in [0.29, 0.717) is 12.0 Å². The molecule has 0 heterocycles. The zero-order chi connectivity index (χ0) is 13.6. The summed E-state index contributed by atoms with van der Waals surface area (Å²) in [6, 6.07) is 6.95. The van der Waals surface area contributed by atoms with Crippen molar-refractivity contribution in [2.45, 2.75) is 26.2 Å². The summed E-state index contributed by atoms with van der Waals surface area (Å²) in [7, 11) is 0. The fraction of sp³-hybridized carbons (Fsp3) is 0.417. The molecule has 0 bridgehead atoms. The summed E-state index contributed by atoms with van der Waals surface area (Å²) in [5.74, 6) is 0. The molecule has 0 aliphatic carbocycles. The van der Waals surface area contributed by atoms with Crippen LogP contribution in [0, 0.1) is 0 Å². The number of carbonyl (C=O) groups is 1. The number of carbonyl (C=O) groups excluding carboxylic acids is 1. The van der Waals surface area contributed by atoms with Crippen molar-refractivity contribution in [3.8, 4) is 0 Å². The van der Waals surface area contributed by atoms with Crippen LogP contribution in [-0.2, 0) is 6.54 Å². The van der Waals surface area contributed by atoms with Crippen LogP contribution in [0.25, 0.3) is 0 Å². The molecule has 0 saturated heterocycles. The predicted octanol–water partition coefficient (Wildman–Crippen LogP) is 3.13. The van der Waals surface area contributed by atoms with E-state index in [-0.39, 0.29) is 11.4 Å². The molecule has 0 spiro atoms. The Morgan fingerprint density at radius 3 is 2.39 bits per heavy atom. The van der Waals surface area contributed by atoms with Gasteiger partial charge in [0.05, 0.1) is 6.54 Å². The summed E-state index contributed by atoms with van der Waals surface area (Å²) in [4.78, 5) is 11.3. The topological polar surface area (TPSA) is 32.3 Å². The maximum Gasteiger partial charge on any atom is 0.488 e. The Balaban J connectivity index is 2.77. The SMILES string of the molecule is CCCNC(=O)N(Cc1ccccc1)C(F)(F)F. The lowest BCUT2D eigenvalue weighted by Crippen LogP contribution is -2.47. The Morgan fingerprint density at radius 2 is 1.89 bits per heavy atom. The summed E-state index contributed by atoms with van der Waals surface area (Å²) in [5.41, 5.74) is 0.432. The normalized spacial score (nSPS) is 11.1. The number of urea groups is 1. The standard InChI is InChI=1S/C12H15F3N2O/c1-2-8-16-11(18)17(12(13,14)15)9-10-6-4-3-5-7-10/h3-7H,2,8-9H2,1H3,(H,16,18). The lowest BCUT2D eigenvalue weighted by Gasteiger charge is -2.25. The third-order valence-electron chi connectivity index (χ3n) is 2.26. The van der Waals surface area contributed by atoms with E-state index in [4.69, 9.17) is 0 Å². The van der Waals surface area contributed by atoms with E-state index in [2.05, 4.69) is 5.32 Å². The van der Waals surface area contributed by atoms with Crippen LogP contribution >= 0.6 is 0 Å². The van der Waals surface area contributed by atoms with E-state index in [1.54, 1.807) is 37.3 Å². The summed E-state index contributed by atoms with van der Waals surface area (Å²) in [5, 5.41) is 2.23. The highest BCUT2D eigenvalue weighted by molar-refractivity contribution is 5.74. The summed E-state index contributed by atoms with van der Waals surface area (Å²) in [6.45, 7) is 1.51. The first kappa shape index (κ1) is 14.3. The van der Waals surface area contributed by atoms with Crippen LogP contribution in [0.5, 0.6) is 0 Å². The smallest absolute Gasteiger partial charge is 0.338 e. The van der Waals surface area contributed by atoms with Crippen molar-refractivity contribution < 1.29 is 18.0 Å².